The Morgan fingerprint density at radius 2 is 2.07 bits per heavy atom. The fraction of sp³-hybridized carbons (Fsp3) is 0.667. The van der Waals surface area contributed by atoms with Gasteiger partial charge in [0.25, 0.3) is 0 Å². The van der Waals surface area contributed by atoms with Crippen molar-refractivity contribution in [3.05, 3.63) is 23.8 Å². The van der Waals surface area contributed by atoms with Gasteiger partial charge in [0.2, 0.25) is 0 Å². The lowest BCUT2D eigenvalue weighted by atomic mass is 9.86. The highest BCUT2D eigenvalue weighted by Crippen LogP contribution is 2.32. The molecule has 0 bridgehead atoms. The van der Waals surface area contributed by atoms with E-state index in [0.717, 1.165) is 24.2 Å². The van der Waals surface area contributed by atoms with Crippen LogP contribution >= 0.6 is 0 Å². The summed E-state index contributed by atoms with van der Waals surface area (Å²) in [5.74, 6) is 2.12. The zero-order valence-corrected chi connectivity index (χ0v) is 17.3. The smallest absolute Gasteiger partial charge is 0.409 e. The first-order valence-corrected chi connectivity index (χ1v) is 9.86. The van der Waals surface area contributed by atoms with Crippen LogP contribution in [0.5, 0.6) is 11.5 Å². The largest absolute Gasteiger partial charge is 0.493 e. The SMILES string of the molecule is COCCCOc1cc(CC(CC2OCCN2C(=O)O)C(C)C)ccc1OC. The molecule has 2 rings (SSSR count). The fourth-order valence-corrected chi connectivity index (χ4v) is 3.43. The Bertz CT molecular complexity index is 621. The zero-order chi connectivity index (χ0) is 20.5. The van der Waals surface area contributed by atoms with Crippen LogP contribution in [0, 0.1) is 11.8 Å². The first-order chi connectivity index (χ1) is 13.5. The molecule has 1 aliphatic heterocycles. The second kappa shape index (κ2) is 11.1. The minimum atomic E-state index is -0.916. The Kier molecular flexibility index (Phi) is 8.86. The molecule has 1 aliphatic rings. The molecule has 158 valence electrons. The van der Waals surface area contributed by atoms with E-state index < -0.39 is 6.09 Å². The third kappa shape index (κ3) is 6.27. The molecule has 1 aromatic carbocycles. The number of carboxylic acid groups (broad SMARTS) is 1. The van der Waals surface area contributed by atoms with Crippen molar-refractivity contribution in [1.82, 2.24) is 4.90 Å². The number of amides is 1. The summed E-state index contributed by atoms with van der Waals surface area (Å²) in [7, 11) is 3.30. The number of hydrogen-bond donors (Lipinski definition) is 1. The van der Waals surface area contributed by atoms with Gasteiger partial charge in [0.05, 0.1) is 26.9 Å². The zero-order valence-electron chi connectivity index (χ0n) is 17.3. The number of hydrogen-bond acceptors (Lipinski definition) is 5. The predicted molar refractivity (Wildman–Crippen MR) is 106 cm³/mol. The summed E-state index contributed by atoms with van der Waals surface area (Å²) in [6.45, 7) is 6.44. The molecule has 2 atom stereocenters. The molecule has 0 spiro atoms. The van der Waals surface area contributed by atoms with Gasteiger partial charge in [-0.05, 0) is 42.4 Å². The molecule has 1 fully saturated rings. The molecule has 0 saturated carbocycles. The average Bonchev–Trinajstić information content (AvgIpc) is 3.13. The summed E-state index contributed by atoms with van der Waals surface area (Å²) in [4.78, 5) is 12.8. The lowest BCUT2D eigenvalue weighted by molar-refractivity contribution is 0.0139. The number of nitrogens with zero attached hydrogens (tertiary/aromatic N) is 1. The predicted octanol–water partition coefficient (Wildman–Crippen LogP) is 3.65. The molecule has 1 aromatic rings. The van der Waals surface area contributed by atoms with E-state index >= 15 is 0 Å². The summed E-state index contributed by atoms with van der Waals surface area (Å²) < 4.78 is 22.0. The fourth-order valence-electron chi connectivity index (χ4n) is 3.43. The second-order valence-corrected chi connectivity index (χ2v) is 7.43. The molecular formula is C21H33NO6. The molecule has 7 nitrogen and oxygen atoms in total. The number of ether oxygens (including phenoxy) is 4. The standard InChI is InChI=1S/C21H33NO6/c1-15(2)17(14-20-22(21(23)24)8-11-28-20)12-16-6-7-18(26-4)19(13-16)27-10-5-9-25-3/h6-7,13,15,17,20H,5,8-12,14H2,1-4H3,(H,23,24). The van der Waals surface area contributed by atoms with E-state index in [-0.39, 0.29) is 6.23 Å². The van der Waals surface area contributed by atoms with Gasteiger partial charge < -0.3 is 24.1 Å². The Hall–Kier alpha value is -1.99. The van der Waals surface area contributed by atoms with Crippen molar-refractivity contribution in [1.29, 1.82) is 0 Å². The summed E-state index contributed by atoms with van der Waals surface area (Å²) in [5, 5.41) is 9.35. The van der Waals surface area contributed by atoms with Crippen LogP contribution in [0.2, 0.25) is 0 Å². The quantitative estimate of drug-likeness (QED) is 0.576. The molecular weight excluding hydrogens is 362 g/mol. The number of carbonyl (C=O) groups is 1. The summed E-state index contributed by atoms with van der Waals surface area (Å²) >= 11 is 0. The van der Waals surface area contributed by atoms with Gasteiger partial charge in [0.1, 0.15) is 6.23 Å². The van der Waals surface area contributed by atoms with Gasteiger partial charge in [-0.3, -0.25) is 4.90 Å². The molecule has 0 aliphatic carbocycles. The maximum atomic E-state index is 11.4. The van der Waals surface area contributed by atoms with Crippen LogP contribution in [-0.2, 0) is 15.9 Å². The highest BCUT2D eigenvalue weighted by atomic mass is 16.5. The van der Waals surface area contributed by atoms with E-state index in [0.29, 0.717) is 50.4 Å². The molecule has 2 unspecified atom stereocenters. The van der Waals surface area contributed by atoms with Gasteiger partial charge in [-0.2, -0.15) is 0 Å². The van der Waals surface area contributed by atoms with Gasteiger partial charge in [-0.1, -0.05) is 19.9 Å². The van der Waals surface area contributed by atoms with Crippen molar-refractivity contribution < 1.29 is 28.8 Å². The van der Waals surface area contributed by atoms with Crippen molar-refractivity contribution in [3.63, 3.8) is 0 Å². The molecule has 0 radical (unpaired) electrons. The summed E-state index contributed by atoms with van der Waals surface area (Å²) in [6.07, 6.45) is 1.03. The number of rotatable bonds is 11. The molecule has 1 N–H and O–H groups in total. The van der Waals surface area contributed by atoms with Gasteiger partial charge in [0, 0.05) is 20.1 Å². The number of benzene rings is 1. The first-order valence-electron chi connectivity index (χ1n) is 9.86. The molecule has 0 aromatic heterocycles. The van der Waals surface area contributed by atoms with E-state index in [2.05, 4.69) is 13.8 Å². The van der Waals surface area contributed by atoms with Crippen molar-refractivity contribution in [2.45, 2.75) is 39.3 Å². The van der Waals surface area contributed by atoms with Gasteiger partial charge >= 0.3 is 6.09 Å². The van der Waals surface area contributed by atoms with Gasteiger partial charge in [0.15, 0.2) is 11.5 Å². The van der Waals surface area contributed by atoms with Crippen LogP contribution in [0.4, 0.5) is 4.79 Å². The van der Waals surface area contributed by atoms with Crippen LogP contribution in [0.25, 0.3) is 0 Å². The van der Waals surface area contributed by atoms with E-state index in [1.54, 1.807) is 14.2 Å². The van der Waals surface area contributed by atoms with E-state index in [1.165, 1.54) is 4.90 Å². The third-order valence-corrected chi connectivity index (χ3v) is 5.16. The minimum Gasteiger partial charge on any atom is -0.493 e. The van der Waals surface area contributed by atoms with E-state index in [1.807, 2.05) is 18.2 Å². The number of methoxy groups -OCH3 is 2. The summed E-state index contributed by atoms with van der Waals surface area (Å²) in [6, 6.07) is 5.99. The lowest BCUT2D eigenvalue weighted by Crippen LogP contribution is -2.37. The maximum Gasteiger partial charge on any atom is 0.409 e. The van der Waals surface area contributed by atoms with Crippen molar-refractivity contribution in [2.75, 3.05) is 40.6 Å². The molecule has 1 saturated heterocycles. The third-order valence-electron chi connectivity index (χ3n) is 5.16. The highest BCUT2D eigenvalue weighted by Gasteiger charge is 2.32. The summed E-state index contributed by atoms with van der Waals surface area (Å²) in [5.41, 5.74) is 1.14. The van der Waals surface area contributed by atoms with Crippen molar-refractivity contribution in [3.8, 4) is 11.5 Å². The monoisotopic (exact) mass is 395 g/mol. The Labute approximate surface area is 167 Å². The normalized spacial score (nSPS) is 17.8. The topological polar surface area (TPSA) is 77.5 Å². The van der Waals surface area contributed by atoms with Crippen LogP contribution in [-0.4, -0.2) is 62.9 Å². The van der Waals surface area contributed by atoms with Gasteiger partial charge in [-0.15, -0.1) is 0 Å². The van der Waals surface area contributed by atoms with Crippen molar-refractivity contribution >= 4 is 6.09 Å². The van der Waals surface area contributed by atoms with Crippen LogP contribution in [0.3, 0.4) is 0 Å². The van der Waals surface area contributed by atoms with Crippen LogP contribution < -0.4 is 9.47 Å². The Morgan fingerprint density at radius 3 is 2.71 bits per heavy atom. The highest BCUT2D eigenvalue weighted by molar-refractivity contribution is 5.65. The Balaban J connectivity index is 2.06. The van der Waals surface area contributed by atoms with Crippen LogP contribution in [0.15, 0.2) is 18.2 Å². The minimum absolute atomic E-state index is 0.291. The average molecular weight is 395 g/mol. The molecule has 1 amide bonds. The van der Waals surface area contributed by atoms with Crippen LogP contribution in [0.1, 0.15) is 32.3 Å². The van der Waals surface area contributed by atoms with E-state index in [4.69, 9.17) is 18.9 Å². The molecule has 7 heteroatoms. The second-order valence-electron chi connectivity index (χ2n) is 7.43. The first kappa shape index (κ1) is 22.3. The maximum absolute atomic E-state index is 11.4. The Morgan fingerprint density at radius 1 is 1.29 bits per heavy atom. The van der Waals surface area contributed by atoms with E-state index in [9.17, 15) is 9.90 Å². The molecule has 28 heavy (non-hydrogen) atoms. The van der Waals surface area contributed by atoms with Crippen molar-refractivity contribution in [2.24, 2.45) is 11.8 Å². The molecule has 1 heterocycles. The lowest BCUT2D eigenvalue weighted by Gasteiger charge is -2.27. The van der Waals surface area contributed by atoms with Gasteiger partial charge in [-0.25, -0.2) is 4.79 Å².